The molecule has 7 nitrogen and oxygen atoms in total. The van der Waals surface area contributed by atoms with E-state index in [4.69, 9.17) is 9.47 Å². The molecule has 1 N–H and O–H groups in total. The molecule has 9 heteroatoms. The summed E-state index contributed by atoms with van der Waals surface area (Å²) >= 11 is 1.66. The van der Waals surface area contributed by atoms with Crippen molar-refractivity contribution in [3.63, 3.8) is 0 Å². The molecular formula is C26H34FN3O4S. The number of amides is 3. The van der Waals surface area contributed by atoms with E-state index in [1.54, 1.807) is 39.3 Å². The topological polar surface area (TPSA) is 71.1 Å². The van der Waals surface area contributed by atoms with Gasteiger partial charge in [0.05, 0.1) is 12.1 Å². The van der Waals surface area contributed by atoms with Gasteiger partial charge in [-0.15, -0.1) is 11.3 Å². The van der Waals surface area contributed by atoms with Gasteiger partial charge in [-0.25, -0.2) is 9.18 Å². The lowest BCUT2D eigenvalue weighted by Crippen LogP contribution is -2.54. The summed E-state index contributed by atoms with van der Waals surface area (Å²) < 4.78 is 25.7. The van der Waals surface area contributed by atoms with Crippen LogP contribution in [0.3, 0.4) is 0 Å². The summed E-state index contributed by atoms with van der Waals surface area (Å²) in [4.78, 5) is 31.2. The lowest BCUT2D eigenvalue weighted by Gasteiger charge is -2.37. The quantitative estimate of drug-likeness (QED) is 0.609. The second-order valence-corrected chi connectivity index (χ2v) is 11.1. The van der Waals surface area contributed by atoms with E-state index >= 15 is 0 Å². The van der Waals surface area contributed by atoms with Crippen molar-refractivity contribution >= 4 is 23.3 Å². The van der Waals surface area contributed by atoms with E-state index in [9.17, 15) is 14.0 Å². The number of nitrogens with zero attached hydrogens (tertiary/aromatic N) is 2. The maximum absolute atomic E-state index is 14.2. The van der Waals surface area contributed by atoms with Gasteiger partial charge in [-0.1, -0.05) is 12.1 Å². The molecule has 2 atom stereocenters. The number of hydrogen-bond donors (Lipinski definition) is 1. The normalized spacial score (nSPS) is 19.8. The number of thiophene rings is 1. The van der Waals surface area contributed by atoms with Crippen molar-refractivity contribution in [2.45, 2.75) is 57.7 Å². The highest BCUT2D eigenvalue weighted by atomic mass is 32.1. The Morgan fingerprint density at radius 2 is 2.09 bits per heavy atom. The van der Waals surface area contributed by atoms with E-state index in [2.05, 4.69) is 5.32 Å². The van der Waals surface area contributed by atoms with Crippen LogP contribution in [0.2, 0.25) is 0 Å². The third-order valence-electron chi connectivity index (χ3n) is 6.19. The molecule has 1 aromatic heterocycles. The van der Waals surface area contributed by atoms with Crippen LogP contribution in [0, 0.1) is 5.82 Å². The van der Waals surface area contributed by atoms with Crippen molar-refractivity contribution in [1.29, 1.82) is 0 Å². The first-order valence-corrected chi connectivity index (χ1v) is 13.0. The first-order chi connectivity index (χ1) is 16.7. The molecule has 0 aliphatic carbocycles. The Bertz CT molecular complexity index is 1030. The first kappa shape index (κ1) is 25.4. The molecule has 1 fully saturated rings. The fraction of sp³-hybridized carbons (Fsp3) is 0.538. The van der Waals surface area contributed by atoms with Gasteiger partial charge in [-0.3, -0.25) is 4.79 Å². The number of para-hydroxylation sites is 1. The van der Waals surface area contributed by atoms with Crippen molar-refractivity contribution in [1.82, 2.24) is 15.1 Å². The SMILES string of the molecule is CC(C)(C)NC(=O)N(CC(=O)N1CCc2sccc2[C@H]1COc1ccccc1F)C[C@@H]1CCCO1. The van der Waals surface area contributed by atoms with Crippen LogP contribution in [0.5, 0.6) is 5.75 Å². The molecule has 1 aromatic carbocycles. The molecule has 0 spiro atoms. The van der Waals surface area contributed by atoms with E-state index in [-0.39, 0.29) is 43.0 Å². The Labute approximate surface area is 210 Å². The van der Waals surface area contributed by atoms with Crippen LogP contribution in [0.4, 0.5) is 9.18 Å². The maximum Gasteiger partial charge on any atom is 0.318 e. The number of rotatable bonds is 7. The average Bonchev–Trinajstić information content (AvgIpc) is 3.48. The molecule has 2 aromatic rings. The summed E-state index contributed by atoms with van der Waals surface area (Å²) in [5.74, 6) is -0.439. The van der Waals surface area contributed by atoms with Crippen molar-refractivity contribution in [2.75, 3.05) is 32.8 Å². The van der Waals surface area contributed by atoms with Gasteiger partial charge in [0.25, 0.3) is 0 Å². The summed E-state index contributed by atoms with van der Waals surface area (Å²) in [6, 6.07) is 7.63. The largest absolute Gasteiger partial charge is 0.488 e. The standard InChI is InChI=1S/C26H34FN3O4S/c1-26(2,3)28-25(32)29(15-18-7-6-13-33-18)16-24(31)30-12-10-23-19(11-14-35-23)21(30)17-34-22-9-5-4-8-20(22)27/h4-5,8-9,11,14,18,21H,6-7,10,12-13,15-17H2,1-3H3,(H,28,32)/t18-,21+/m0/s1. The lowest BCUT2D eigenvalue weighted by atomic mass is 10.0. The second kappa shape index (κ2) is 11.0. The van der Waals surface area contributed by atoms with Gasteiger partial charge in [0, 0.05) is 30.1 Å². The zero-order chi connectivity index (χ0) is 25.0. The minimum Gasteiger partial charge on any atom is -0.488 e. The van der Waals surface area contributed by atoms with E-state index in [0.717, 1.165) is 24.8 Å². The first-order valence-electron chi connectivity index (χ1n) is 12.1. The van der Waals surface area contributed by atoms with Crippen LogP contribution >= 0.6 is 11.3 Å². The molecule has 2 aliphatic rings. The minimum absolute atomic E-state index is 0.0581. The molecule has 2 aliphatic heterocycles. The smallest absolute Gasteiger partial charge is 0.318 e. The zero-order valence-corrected chi connectivity index (χ0v) is 21.4. The van der Waals surface area contributed by atoms with E-state index in [0.29, 0.717) is 19.7 Å². The molecule has 0 radical (unpaired) electrons. The van der Waals surface area contributed by atoms with Crippen LogP contribution in [0.25, 0.3) is 0 Å². The van der Waals surface area contributed by atoms with Crippen LogP contribution in [0.15, 0.2) is 35.7 Å². The fourth-order valence-corrected chi connectivity index (χ4v) is 5.44. The molecule has 35 heavy (non-hydrogen) atoms. The number of urea groups is 1. The van der Waals surface area contributed by atoms with Crippen molar-refractivity contribution in [3.05, 3.63) is 52.0 Å². The van der Waals surface area contributed by atoms with Crippen LogP contribution in [-0.2, 0) is 16.0 Å². The van der Waals surface area contributed by atoms with Crippen molar-refractivity contribution < 1.29 is 23.5 Å². The summed E-state index contributed by atoms with van der Waals surface area (Å²) in [6.45, 7) is 7.37. The van der Waals surface area contributed by atoms with Gasteiger partial charge in [-0.2, -0.15) is 0 Å². The number of carbonyl (C=O) groups is 2. The van der Waals surface area contributed by atoms with Gasteiger partial charge >= 0.3 is 6.03 Å². The summed E-state index contributed by atoms with van der Waals surface area (Å²) in [5, 5.41) is 4.98. The lowest BCUT2D eigenvalue weighted by molar-refractivity contribution is -0.135. The molecule has 3 heterocycles. The Morgan fingerprint density at radius 3 is 2.80 bits per heavy atom. The second-order valence-electron chi connectivity index (χ2n) is 10.1. The number of hydrogen-bond acceptors (Lipinski definition) is 5. The Hall–Kier alpha value is -2.65. The van der Waals surface area contributed by atoms with Crippen molar-refractivity contribution in [2.24, 2.45) is 0 Å². The van der Waals surface area contributed by atoms with Gasteiger partial charge in [-0.05, 0) is 69.2 Å². The fourth-order valence-electron chi connectivity index (χ4n) is 4.51. The third-order valence-corrected chi connectivity index (χ3v) is 7.19. The number of benzene rings is 1. The predicted molar refractivity (Wildman–Crippen MR) is 133 cm³/mol. The Kier molecular flexibility index (Phi) is 7.96. The number of halogens is 1. The Balaban J connectivity index is 1.51. The van der Waals surface area contributed by atoms with Crippen LogP contribution in [-0.4, -0.2) is 66.2 Å². The molecule has 0 saturated carbocycles. The third kappa shape index (κ3) is 6.52. The summed E-state index contributed by atoms with van der Waals surface area (Å²) in [5.41, 5.74) is 0.595. The van der Waals surface area contributed by atoms with Crippen LogP contribution in [0.1, 0.15) is 50.1 Å². The highest BCUT2D eigenvalue weighted by Crippen LogP contribution is 2.34. The van der Waals surface area contributed by atoms with Gasteiger partial charge in [0.1, 0.15) is 13.2 Å². The molecular weight excluding hydrogens is 469 g/mol. The molecule has 190 valence electrons. The summed E-state index contributed by atoms with van der Waals surface area (Å²) in [6.07, 6.45) is 2.50. The molecule has 1 saturated heterocycles. The van der Waals surface area contributed by atoms with E-state index in [1.165, 1.54) is 10.9 Å². The molecule has 4 rings (SSSR count). The molecule has 0 bridgehead atoms. The van der Waals surface area contributed by atoms with E-state index in [1.807, 2.05) is 32.2 Å². The predicted octanol–water partition coefficient (Wildman–Crippen LogP) is 4.38. The van der Waals surface area contributed by atoms with Gasteiger partial charge in [0.15, 0.2) is 11.6 Å². The van der Waals surface area contributed by atoms with Crippen LogP contribution < -0.4 is 10.1 Å². The molecule has 3 amide bonds. The average molecular weight is 504 g/mol. The number of fused-ring (bicyclic) bond motifs is 1. The van der Waals surface area contributed by atoms with E-state index < -0.39 is 11.4 Å². The van der Waals surface area contributed by atoms with Gasteiger partial charge in [0.2, 0.25) is 5.91 Å². The van der Waals surface area contributed by atoms with Crippen molar-refractivity contribution in [3.8, 4) is 5.75 Å². The monoisotopic (exact) mass is 503 g/mol. The zero-order valence-electron chi connectivity index (χ0n) is 20.6. The maximum atomic E-state index is 14.2. The highest BCUT2D eigenvalue weighted by molar-refractivity contribution is 7.10. The Morgan fingerprint density at radius 1 is 1.29 bits per heavy atom. The van der Waals surface area contributed by atoms with Gasteiger partial charge < -0.3 is 24.6 Å². The number of ether oxygens (including phenoxy) is 2. The minimum atomic E-state index is -0.437. The number of carbonyl (C=O) groups excluding carboxylic acids is 2. The summed E-state index contributed by atoms with van der Waals surface area (Å²) in [7, 11) is 0. The number of nitrogens with one attached hydrogen (secondary N) is 1. The highest BCUT2D eigenvalue weighted by Gasteiger charge is 2.35. The molecule has 0 unspecified atom stereocenters.